The molecule has 4 nitrogen and oxygen atoms in total. The molecule has 2 heterocycles. The van der Waals surface area contributed by atoms with Crippen LogP contribution < -0.4 is 11.1 Å². The first-order valence-corrected chi connectivity index (χ1v) is 4.08. The molecule has 0 aromatic carbocycles. The summed E-state index contributed by atoms with van der Waals surface area (Å²) in [6.45, 7) is 1.99. The van der Waals surface area contributed by atoms with Gasteiger partial charge in [-0.3, -0.25) is 10.3 Å². The number of rotatable bonds is 1. The Morgan fingerprint density at radius 3 is 3.09 bits per heavy atom. The highest BCUT2D eigenvalue weighted by atomic mass is 15.3. The van der Waals surface area contributed by atoms with Crippen molar-refractivity contribution in [1.82, 2.24) is 10.2 Å². The molecule has 0 aromatic heterocycles. The predicted molar refractivity (Wildman–Crippen MR) is 43.4 cm³/mol. The van der Waals surface area contributed by atoms with Gasteiger partial charge in [0.1, 0.15) is 5.84 Å². The standard InChI is InChI=1S/C7H14N4/c8-7(9)6-2-1-5-3-11(6)4-10-5/h5-6,10H,1-4H2,(H3,8,9). The average molecular weight is 154 g/mol. The smallest absolute Gasteiger partial charge is 0.108 e. The predicted octanol–water partition coefficient (Wildman–Crippen LogP) is -0.684. The van der Waals surface area contributed by atoms with Crippen LogP contribution in [-0.2, 0) is 0 Å². The number of hydrogen-bond donors (Lipinski definition) is 3. The number of fused-ring (bicyclic) bond motifs is 2. The Morgan fingerprint density at radius 1 is 1.55 bits per heavy atom. The zero-order chi connectivity index (χ0) is 7.84. The van der Waals surface area contributed by atoms with Crippen LogP contribution in [0.1, 0.15) is 12.8 Å². The van der Waals surface area contributed by atoms with E-state index in [0.717, 1.165) is 19.6 Å². The third-order valence-electron chi connectivity index (χ3n) is 2.63. The minimum atomic E-state index is 0.209. The van der Waals surface area contributed by atoms with Gasteiger partial charge in [-0.05, 0) is 12.8 Å². The van der Waals surface area contributed by atoms with Crippen LogP contribution in [0.5, 0.6) is 0 Å². The van der Waals surface area contributed by atoms with Crippen molar-refractivity contribution in [3.05, 3.63) is 0 Å². The van der Waals surface area contributed by atoms with E-state index >= 15 is 0 Å². The summed E-state index contributed by atoms with van der Waals surface area (Å²) < 4.78 is 0. The molecule has 2 fully saturated rings. The van der Waals surface area contributed by atoms with Crippen molar-refractivity contribution in [2.45, 2.75) is 24.9 Å². The first-order chi connectivity index (χ1) is 5.27. The monoisotopic (exact) mass is 154 g/mol. The molecule has 2 bridgehead atoms. The maximum atomic E-state index is 7.35. The van der Waals surface area contributed by atoms with Gasteiger partial charge in [-0.1, -0.05) is 0 Å². The molecular formula is C7H14N4. The Hall–Kier alpha value is -0.610. The summed E-state index contributed by atoms with van der Waals surface area (Å²) in [5.74, 6) is 0.326. The highest BCUT2D eigenvalue weighted by Crippen LogP contribution is 2.20. The highest BCUT2D eigenvalue weighted by Gasteiger charge is 2.34. The lowest BCUT2D eigenvalue weighted by molar-refractivity contribution is 0.247. The fourth-order valence-electron chi connectivity index (χ4n) is 1.98. The van der Waals surface area contributed by atoms with E-state index in [9.17, 15) is 0 Å². The number of nitrogens with two attached hydrogens (primary N) is 1. The molecule has 3 atom stereocenters. The fraction of sp³-hybridized carbons (Fsp3) is 0.857. The van der Waals surface area contributed by atoms with Crippen LogP contribution in [-0.4, -0.2) is 36.0 Å². The van der Waals surface area contributed by atoms with Gasteiger partial charge >= 0.3 is 0 Å². The Labute approximate surface area is 66.3 Å². The van der Waals surface area contributed by atoms with Crippen LogP contribution in [0.15, 0.2) is 0 Å². The first-order valence-electron chi connectivity index (χ1n) is 4.08. The molecule has 0 amide bonds. The summed E-state index contributed by atoms with van der Waals surface area (Å²) in [6, 6.07) is 0.867. The molecule has 0 spiro atoms. The molecule has 0 radical (unpaired) electrons. The largest absolute Gasteiger partial charge is 0.386 e. The lowest BCUT2D eigenvalue weighted by Crippen LogP contribution is -2.46. The molecule has 2 aliphatic rings. The fourth-order valence-corrected chi connectivity index (χ4v) is 1.98. The van der Waals surface area contributed by atoms with Gasteiger partial charge < -0.3 is 11.1 Å². The topological polar surface area (TPSA) is 65.1 Å². The third-order valence-corrected chi connectivity index (χ3v) is 2.63. The number of nitrogens with zero attached hydrogens (tertiary/aromatic N) is 1. The Bertz CT molecular complexity index is 179. The van der Waals surface area contributed by atoms with Crippen molar-refractivity contribution in [1.29, 1.82) is 5.41 Å². The summed E-state index contributed by atoms with van der Waals surface area (Å²) in [7, 11) is 0. The van der Waals surface area contributed by atoms with Crippen molar-refractivity contribution in [2.75, 3.05) is 13.2 Å². The minimum absolute atomic E-state index is 0.209. The van der Waals surface area contributed by atoms with E-state index in [-0.39, 0.29) is 6.04 Å². The van der Waals surface area contributed by atoms with Crippen LogP contribution in [0.2, 0.25) is 0 Å². The summed E-state index contributed by atoms with van der Waals surface area (Å²) >= 11 is 0. The lowest BCUT2D eigenvalue weighted by atomic mass is 10.0. The van der Waals surface area contributed by atoms with Gasteiger partial charge in [0.05, 0.1) is 6.04 Å². The van der Waals surface area contributed by atoms with E-state index < -0.39 is 0 Å². The zero-order valence-electron chi connectivity index (χ0n) is 6.51. The van der Waals surface area contributed by atoms with Gasteiger partial charge in [-0.25, -0.2) is 0 Å². The third kappa shape index (κ3) is 1.12. The van der Waals surface area contributed by atoms with E-state index in [0.29, 0.717) is 11.9 Å². The quantitative estimate of drug-likeness (QED) is 0.346. The van der Waals surface area contributed by atoms with Crippen LogP contribution in [0, 0.1) is 5.41 Å². The normalized spacial score (nSPS) is 42.4. The molecule has 3 unspecified atom stereocenters. The Kier molecular flexibility index (Phi) is 1.58. The molecule has 0 saturated carbocycles. The SMILES string of the molecule is N=C(N)C1CCC2CN1CN2. The van der Waals surface area contributed by atoms with Crippen molar-refractivity contribution in [3.63, 3.8) is 0 Å². The number of hydrogen-bond acceptors (Lipinski definition) is 3. The van der Waals surface area contributed by atoms with Gasteiger partial charge in [-0.15, -0.1) is 0 Å². The number of nitrogens with one attached hydrogen (secondary N) is 2. The van der Waals surface area contributed by atoms with Crippen molar-refractivity contribution in [2.24, 2.45) is 5.73 Å². The summed E-state index contributed by atoms with van der Waals surface area (Å²) in [5.41, 5.74) is 5.47. The molecule has 2 saturated heterocycles. The second kappa shape index (κ2) is 2.46. The molecule has 0 aromatic rings. The second-order valence-corrected chi connectivity index (χ2v) is 3.38. The molecule has 0 aliphatic carbocycles. The molecule has 4 N–H and O–H groups in total. The highest BCUT2D eigenvalue weighted by molar-refractivity contribution is 5.82. The molecule has 62 valence electrons. The first kappa shape index (κ1) is 7.06. The van der Waals surface area contributed by atoms with Gasteiger partial charge in [0.25, 0.3) is 0 Å². The van der Waals surface area contributed by atoms with Crippen LogP contribution in [0.25, 0.3) is 0 Å². The number of amidine groups is 1. The van der Waals surface area contributed by atoms with Crippen molar-refractivity contribution < 1.29 is 0 Å². The van der Waals surface area contributed by atoms with Crippen LogP contribution in [0.3, 0.4) is 0 Å². The Morgan fingerprint density at radius 2 is 2.36 bits per heavy atom. The molecule has 2 rings (SSSR count). The van der Waals surface area contributed by atoms with E-state index in [1.165, 1.54) is 6.42 Å². The van der Waals surface area contributed by atoms with Crippen molar-refractivity contribution in [3.8, 4) is 0 Å². The Balaban J connectivity index is 2.07. The summed E-state index contributed by atoms with van der Waals surface area (Å²) in [4.78, 5) is 2.25. The van der Waals surface area contributed by atoms with Gasteiger partial charge in [0, 0.05) is 19.3 Å². The van der Waals surface area contributed by atoms with Gasteiger partial charge in [0.2, 0.25) is 0 Å². The van der Waals surface area contributed by atoms with E-state index in [1.54, 1.807) is 0 Å². The molecule has 2 aliphatic heterocycles. The van der Waals surface area contributed by atoms with E-state index in [1.807, 2.05) is 0 Å². The molecule has 4 heteroatoms. The van der Waals surface area contributed by atoms with E-state index in [2.05, 4.69) is 10.2 Å². The maximum absolute atomic E-state index is 7.35. The lowest BCUT2D eigenvalue weighted by Gasteiger charge is -2.29. The van der Waals surface area contributed by atoms with Gasteiger partial charge in [-0.2, -0.15) is 0 Å². The molecule has 11 heavy (non-hydrogen) atoms. The maximum Gasteiger partial charge on any atom is 0.108 e. The van der Waals surface area contributed by atoms with Crippen molar-refractivity contribution >= 4 is 5.84 Å². The zero-order valence-corrected chi connectivity index (χ0v) is 6.51. The number of piperidine rings is 1. The minimum Gasteiger partial charge on any atom is -0.386 e. The van der Waals surface area contributed by atoms with Crippen LogP contribution >= 0.6 is 0 Å². The second-order valence-electron chi connectivity index (χ2n) is 3.38. The summed E-state index contributed by atoms with van der Waals surface area (Å²) in [5, 5.41) is 10.7. The summed E-state index contributed by atoms with van der Waals surface area (Å²) in [6.07, 6.45) is 2.22. The van der Waals surface area contributed by atoms with E-state index in [4.69, 9.17) is 11.1 Å². The molecular weight excluding hydrogens is 140 g/mol. The van der Waals surface area contributed by atoms with Crippen LogP contribution in [0.4, 0.5) is 0 Å². The average Bonchev–Trinajstić information content (AvgIpc) is 2.32. The van der Waals surface area contributed by atoms with Gasteiger partial charge in [0.15, 0.2) is 0 Å².